The molecule has 0 radical (unpaired) electrons. The number of aromatic nitrogens is 4. The standard InChI is InChI=1S/C64H42N4/c1-6-20-42(21-7-1)48-40-55(44-24-10-3-11-25-44)61-58(41-48)56-38-47(35-37-59(56)68(61)49-28-14-5-15-29-49)64-66-62(45-26-12-4-13-27-45)65-63(67-64)46-34-36-52-51-31-17-19-33-54(51)60(57(52)39-46)53-32-18-16-30-50(53)43-22-8-2-9-23-43/h1-41,60H. The van der Waals surface area contributed by atoms with Crippen molar-refractivity contribution < 1.29 is 0 Å². The Morgan fingerprint density at radius 3 is 1.38 bits per heavy atom. The van der Waals surface area contributed by atoms with Gasteiger partial charge >= 0.3 is 0 Å². The van der Waals surface area contributed by atoms with Gasteiger partial charge in [0.1, 0.15) is 0 Å². The number of fused-ring (bicyclic) bond motifs is 6. The van der Waals surface area contributed by atoms with E-state index in [2.05, 4.69) is 235 Å². The highest BCUT2D eigenvalue weighted by Gasteiger charge is 2.32. The fourth-order valence-electron chi connectivity index (χ4n) is 10.4. The van der Waals surface area contributed by atoms with Gasteiger partial charge in [-0.05, 0) is 104 Å². The Kier molecular flexibility index (Phi) is 9.54. The van der Waals surface area contributed by atoms with Crippen LogP contribution in [0.25, 0.3) is 106 Å². The maximum absolute atomic E-state index is 5.39. The van der Waals surface area contributed by atoms with Crippen LogP contribution in [0.3, 0.4) is 0 Å². The predicted octanol–water partition coefficient (Wildman–Crippen LogP) is 16.1. The lowest BCUT2D eigenvalue weighted by atomic mass is 9.84. The summed E-state index contributed by atoms with van der Waals surface area (Å²) < 4.78 is 2.41. The first kappa shape index (κ1) is 39.4. The van der Waals surface area contributed by atoms with E-state index in [9.17, 15) is 0 Å². The Labute approximate surface area is 395 Å². The molecule has 0 saturated heterocycles. The van der Waals surface area contributed by atoms with Crippen molar-refractivity contribution in [2.45, 2.75) is 5.92 Å². The Balaban J connectivity index is 1.02. The van der Waals surface area contributed by atoms with Crippen LogP contribution in [-0.4, -0.2) is 19.5 Å². The molecule has 0 N–H and O–H groups in total. The summed E-state index contributed by atoms with van der Waals surface area (Å²) in [6.07, 6.45) is 0. The molecule has 68 heavy (non-hydrogen) atoms. The number of hydrogen-bond acceptors (Lipinski definition) is 3. The second-order valence-corrected chi connectivity index (χ2v) is 17.5. The predicted molar refractivity (Wildman–Crippen MR) is 280 cm³/mol. The maximum Gasteiger partial charge on any atom is 0.164 e. The van der Waals surface area contributed by atoms with Crippen LogP contribution in [0.2, 0.25) is 0 Å². The second-order valence-electron chi connectivity index (χ2n) is 17.5. The van der Waals surface area contributed by atoms with E-state index < -0.39 is 0 Å². The minimum atomic E-state index is 0.0263. The van der Waals surface area contributed by atoms with Gasteiger partial charge in [0.05, 0.1) is 11.0 Å². The molecular weight excluding hydrogens is 825 g/mol. The quantitative estimate of drug-likeness (QED) is 0.153. The van der Waals surface area contributed by atoms with Gasteiger partial charge < -0.3 is 4.57 Å². The first-order valence-electron chi connectivity index (χ1n) is 23.2. The summed E-state index contributed by atoms with van der Waals surface area (Å²) in [4.78, 5) is 15.9. The molecule has 10 aromatic carbocycles. The van der Waals surface area contributed by atoms with Crippen molar-refractivity contribution in [1.82, 2.24) is 19.5 Å². The van der Waals surface area contributed by atoms with Crippen LogP contribution in [0.1, 0.15) is 22.6 Å². The molecular formula is C64H42N4. The van der Waals surface area contributed by atoms with Gasteiger partial charge in [0.25, 0.3) is 0 Å². The van der Waals surface area contributed by atoms with Gasteiger partial charge in [-0.3, -0.25) is 0 Å². The number of hydrogen-bond donors (Lipinski definition) is 0. The van der Waals surface area contributed by atoms with Gasteiger partial charge in [0.15, 0.2) is 17.5 Å². The molecule has 0 spiro atoms. The summed E-state index contributed by atoms with van der Waals surface area (Å²) >= 11 is 0. The third-order valence-electron chi connectivity index (χ3n) is 13.5. The highest BCUT2D eigenvalue weighted by atomic mass is 15.0. The number of benzene rings is 10. The van der Waals surface area contributed by atoms with Gasteiger partial charge in [-0.1, -0.05) is 200 Å². The van der Waals surface area contributed by atoms with Gasteiger partial charge in [-0.2, -0.15) is 0 Å². The Morgan fingerprint density at radius 2 is 0.735 bits per heavy atom. The van der Waals surface area contributed by atoms with E-state index >= 15 is 0 Å². The lowest BCUT2D eigenvalue weighted by Crippen LogP contribution is -2.03. The molecule has 2 aromatic heterocycles. The van der Waals surface area contributed by atoms with Crippen molar-refractivity contribution in [2.75, 3.05) is 0 Å². The van der Waals surface area contributed by atoms with Crippen molar-refractivity contribution in [3.63, 3.8) is 0 Å². The normalized spacial score (nSPS) is 12.9. The van der Waals surface area contributed by atoms with Crippen molar-refractivity contribution in [2.24, 2.45) is 0 Å². The minimum absolute atomic E-state index is 0.0263. The molecule has 1 aliphatic carbocycles. The molecule has 0 aliphatic heterocycles. The van der Waals surface area contributed by atoms with Gasteiger partial charge in [-0.15, -0.1) is 0 Å². The zero-order valence-electron chi connectivity index (χ0n) is 37.0. The molecule has 0 saturated carbocycles. The zero-order valence-corrected chi connectivity index (χ0v) is 37.0. The molecule has 318 valence electrons. The van der Waals surface area contributed by atoms with E-state index in [-0.39, 0.29) is 5.92 Å². The van der Waals surface area contributed by atoms with Gasteiger partial charge in [0, 0.05) is 44.6 Å². The lowest BCUT2D eigenvalue weighted by molar-refractivity contribution is 1.01. The molecule has 1 atom stereocenters. The van der Waals surface area contributed by atoms with Crippen molar-refractivity contribution in [3.05, 3.63) is 265 Å². The van der Waals surface area contributed by atoms with Crippen LogP contribution < -0.4 is 0 Å². The lowest BCUT2D eigenvalue weighted by Gasteiger charge is -2.19. The summed E-state index contributed by atoms with van der Waals surface area (Å²) in [6.45, 7) is 0. The fourth-order valence-corrected chi connectivity index (χ4v) is 10.4. The number of nitrogens with zero attached hydrogens (tertiary/aromatic N) is 4. The third-order valence-corrected chi connectivity index (χ3v) is 13.5. The Morgan fingerprint density at radius 1 is 0.279 bits per heavy atom. The van der Waals surface area contributed by atoms with Crippen LogP contribution in [0.4, 0.5) is 0 Å². The first-order valence-corrected chi connectivity index (χ1v) is 23.2. The largest absolute Gasteiger partial charge is 0.309 e. The SMILES string of the molecule is c1ccc(-c2cc(-c3ccccc3)c3c(c2)c2cc(-c4nc(-c5ccccc5)nc(-c5ccc6c(c5)C(c5ccccc5-c5ccccc5)c5ccccc5-6)n4)ccc2n3-c2ccccc2)cc1. The highest BCUT2D eigenvalue weighted by molar-refractivity contribution is 6.16. The molecule has 0 bridgehead atoms. The topological polar surface area (TPSA) is 43.6 Å². The molecule has 13 rings (SSSR count). The first-order chi connectivity index (χ1) is 33.7. The van der Waals surface area contributed by atoms with E-state index in [4.69, 9.17) is 15.0 Å². The van der Waals surface area contributed by atoms with Crippen LogP contribution in [0.5, 0.6) is 0 Å². The zero-order chi connectivity index (χ0) is 45.0. The maximum atomic E-state index is 5.39. The van der Waals surface area contributed by atoms with Crippen LogP contribution in [0, 0.1) is 0 Å². The van der Waals surface area contributed by atoms with Crippen LogP contribution in [0.15, 0.2) is 249 Å². The van der Waals surface area contributed by atoms with Gasteiger partial charge in [-0.25, -0.2) is 15.0 Å². The van der Waals surface area contributed by atoms with E-state index in [1.807, 2.05) is 18.2 Å². The van der Waals surface area contributed by atoms with E-state index in [1.54, 1.807) is 0 Å². The molecule has 2 heterocycles. The summed E-state index contributed by atoms with van der Waals surface area (Å²) in [5.41, 5.74) is 19.6. The number of rotatable bonds is 8. The minimum Gasteiger partial charge on any atom is -0.309 e. The third kappa shape index (κ3) is 6.73. The van der Waals surface area contributed by atoms with E-state index in [1.165, 1.54) is 50.1 Å². The summed E-state index contributed by atoms with van der Waals surface area (Å²) in [5.74, 6) is 1.91. The molecule has 4 heteroatoms. The van der Waals surface area contributed by atoms with Crippen LogP contribution >= 0.6 is 0 Å². The monoisotopic (exact) mass is 866 g/mol. The highest BCUT2D eigenvalue weighted by Crippen LogP contribution is 2.51. The van der Waals surface area contributed by atoms with Crippen LogP contribution in [-0.2, 0) is 0 Å². The molecule has 4 nitrogen and oxygen atoms in total. The fraction of sp³-hybridized carbons (Fsp3) is 0.0156. The molecule has 1 aliphatic rings. The van der Waals surface area contributed by atoms with Crippen molar-refractivity contribution >= 4 is 21.8 Å². The molecule has 12 aromatic rings. The molecule has 0 amide bonds. The molecule has 1 unspecified atom stereocenters. The Hall–Kier alpha value is -8.99. The smallest absolute Gasteiger partial charge is 0.164 e. The van der Waals surface area contributed by atoms with E-state index in [0.29, 0.717) is 17.5 Å². The van der Waals surface area contributed by atoms with Crippen molar-refractivity contribution in [3.8, 4) is 84.4 Å². The molecule has 0 fully saturated rings. The van der Waals surface area contributed by atoms with E-state index in [0.717, 1.165) is 55.3 Å². The number of para-hydroxylation sites is 1. The summed E-state index contributed by atoms with van der Waals surface area (Å²) in [6, 6.07) is 88.9. The summed E-state index contributed by atoms with van der Waals surface area (Å²) in [7, 11) is 0. The second kappa shape index (κ2) is 16.5. The average molecular weight is 867 g/mol. The van der Waals surface area contributed by atoms with Gasteiger partial charge in [0.2, 0.25) is 0 Å². The summed E-state index contributed by atoms with van der Waals surface area (Å²) in [5, 5.41) is 2.28. The van der Waals surface area contributed by atoms with Crippen molar-refractivity contribution in [1.29, 1.82) is 0 Å². The average Bonchev–Trinajstić information content (AvgIpc) is 3.94. The Bertz CT molecular complexity index is 3830.